The molecule has 1 atom stereocenters. The van der Waals surface area contributed by atoms with Crippen molar-refractivity contribution in [3.8, 4) is 11.5 Å². The highest BCUT2D eigenvalue weighted by molar-refractivity contribution is 14.1. The van der Waals surface area contributed by atoms with Gasteiger partial charge in [-0.1, -0.05) is 28.7 Å². The molecule has 3 heteroatoms. The Labute approximate surface area is 91.4 Å². The van der Waals surface area contributed by atoms with Gasteiger partial charge in [0, 0.05) is 9.99 Å². The maximum absolute atomic E-state index is 5.59. The number of ether oxygens (including phenoxy) is 2. The Morgan fingerprint density at radius 1 is 1.54 bits per heavy atom. The Morgan fingerprint density at radius 2 is 2.38 bits per heavy atom. The summed E-state index contributed by atoms with van der Waals surface area (Å²) < 4.78 is 11.3. The van der Waals surface area contributed by atoms with Crippen LogP contribution in [0.4, 0.5) is 0 Å². The van der Waals surface area contributed by atoms with Gasteiger partial charge in [-0.05, 0) is 18.1 Å². The van der Waals surface area contributed by atoms with Gasteiger partial charge in [0.1, 0.15) is 18.1 Å². The summed E-state index contributed by atoms with van der Waals surface area (Å²) in [6.07, 6.45) is 1.10. The lowest BCUT2D eigenvalue weighted by Crippen LogP contribution is -2.20. The third kappa shape index (κ3) is 1.90. The Balaban J connectivity index is 2.31. The molecule has 0 spiro atoms. The summed E-state index contributed by atoms with van der Waals surface area (Å²) in [5.74, 6) is 1.85. The fourth-order valence-electron chi connectivity index (χ4n) is 1.44. The molecule has 1 unspecified atom stereocenters. The van der Waals surface area contributed by atoms with Crippen LogP contribution in [0.3, 0.4) is 0 Å². The van der Waals surface area contributed by atoms with E-state index in [9.17, 15) is 0 Å². The number of fused-ring (bicyclic) bond motifs is 1. The smallest absolute Gasteiger partial charge is 0.126 e. The molecule has 1 heterocycles. The molecule has 0 aliphatic carbocycles. The molecule has 0 aromatic heterocycles. The van der Waals surface area contributed by atoms with Crippen molar-refractivity contribution >= 4 is 22.6 Å². The summed E-state index contributed by atoms with van der Waals surface area (Å²) in [7, 11) is 1.67. The van der Waals surface area contributed by atoms with Crippen LogP contribution in [0.1, 0.15) is 5.56 Å². The highest BCUT2D eigenvalue weighted by Gasteiger charge is 2.17. The fraction of sp³-hybridized carbons (Fsp3) is 0.400. The van der Waals surface area contributed by atoms with E-state index in [-0.39, 0.29) is 0 Å². The lowest BCUT2D eigenvalue weighted by molar-refractivity contribution is 0.296. The van der Waals surface area contributed by atoms with E-state index in [0.717, 1.165) is 24.5 Å². The van der Waals surface area contributed by atoms with E-state index in [2.05, 4.69) is 28.7 Å². The van der Waals surface area contributed by atoms with Gasteiger partial charge < -0.3 is 9.47 Å². The maximum atomic E-state index is 5.59. The van der Waals surface area contributed by atoms with Gasteiger partial charge in [0.15, 0.2) is 0 Å². The van der Waals surface area contributed by atoms with Gasteiger partial charge in [-0.15, -0.1) is 0 Å². The summed E-state index contributed by atoms with van der Waals surface area (Å²) in [4.78, 5) is 0. The highest BCUT2D eigenvalue weighted by Crippen LogP contribution is 2.30. The van der Waals surface area contributed by atoms with Crippen molar-refractivity contribution < 1.29 is 9.47 Å². The van der Waals surface area contributed by atoms with E-state index in [1.165, 1.54) is 5.56 Å². The molecule has 70 valence electrons. The number of rotatable bonds is 1. The van der Waals surface area contributed by atoms with E-state index < -0.39 is 0 Å². The molecule has 0 bridgehead atoms. The predicted octanol–water partition coefficient (Wildman–Crippen LogP) is 2.43. The van der Waals surface area contributed by atoms with Gasteiger partial charge in [-0.25, -0.2) is 0 Å². The van der Waals surface area contributed by atoms with Crippen molar-refractivity contribution in [3.05, 3.63) is 23.8 Å². The first-order chi connectivity index (χ1) is 6.29. The molecule has 0 amide bonds. The molecule has 1 aliphatic rings. The van der Waals surface area contributed by atoms with Gasteiger partial charge in [0.25, 0.3) is 0 Å². The third-order valence-electron chi connectivity index (χ3n) is 2.14. The van der Waals surface area contributed by atoms with Crippen LogP contribution in [-0.4, -0.2) is 17.6 Å². The minimum atomic E-state index is 0.596. The summed E-state index contributed by atoms with van der Waals surface area (Å²) >= 11 is 2.42. The van der Waals surface area contributed by atoms with Crippen molar-refractivity contribution in [2.75, 3.05) is 13.7 Å². The molecule has 2 nitrogen and oxygen atoms in total. The number of halogens is 1. The van der Waals surface area contributed by atoms with Gasteiger partial charge in [0.2, 0.25) is 0 Å². The standard InChI is InChI=1S/C10H11IO2/c1-12-9-3-2-7-4-8(11)6-13-10(7)5-9/h2-3,5,8H,4,6H2,1H3. The molecule has 0 N–H and O–H groups in total. The quantitative estimate of drug-likeness (QED) is 0.584. The average Bonchev–Trinajstić information content (AvgIpc) is 2.17. The van der Waals surface area contributed by atoms with Crippen molar-refractivity contribution in [2.24, 2.45) is 0 Å². The van der Waals surface area contributed by atoms with Gasteiger partial charge >= 0.3 is 0 Å². The second-order valence-corrected chi connectivity index (χ2v) is 4.85. The topological polar surface area (TPSA) is 18.5 Å². The SMILES string of the molecule is COc1ccc2c(c1)OCC(I)C2. The number of benzene rings is 1. The zero-order valence-corrected chi connectivity index (χ0v) is 9.58. The zero-order chi connectivity index (χ0) is 9.26. The number of hydrogen-bond donors (Lipinski definition) is 0. The first-order valence-electron chi connectivity index (χ1n) is 4.23. The molecule has 0 fully saturated rings. The first-order valence-corrected chi connectivity index (χ1v) is 5.48. The molecule has 0 saturated heterocycles. The van der Waals surface area contributed by atoms with Crippen LogP contribution in [-0.2, 0) is 6.42 Å². The van der Waals surface area contributed by atoms with Crippen LogP contribution < -0.4 is 9.47 Å². The molecule has 13 heavy (non-hydrogen) atoms. The highest BCUT2D eigenvalue weighted by atomic mass is 127. The Bertz CT molecular complexity index is 312. The predicted molar refractivity (Wildman–Crippen MR) is 60.0 cm³/mol. The van der Waals surface area contributed by atoms with E-state index >= 15 is 0 Å². The van der Waals surface area contributed by atoms with Crippen molar-refractivity contribution in [1.29, 1.82) is 0 Å². The van der Waals surface area contributed by atoms with Crippen molar-refractivity contribution in [3.63, 3.8) is 0 Å². The van der Waals surface area contributed by atoms with Crippen LogP contribution in [0, 0.1) is 0 Å². The van der Waals surface area contributed by atoms with Crippen LogP contribution in [0.15, 0.2) is 18.2 Å². The summed E-state index contributed by atoms with van der Waals surface area (Å²) in [5.41, 5.74) is 1.28. The van der Waals surface area contributed by atoms with Crippen molar-refractivity contribution in [2.45, 2.75) is 10.3 Å². The molecule has 0 saturated carbocycles. The number of hydrogen-bond acceptors (Lipinski definition) is 2. The fourth-order valence-corrected chi connectivity index (χ4v) is 2.10. The average molecular weight is 290 g/mol. The summed E-state index contributed by atoms with van der Waals surface area (Å²) in [6, 6.07) is 6.02. The zero-order valence-electron chi connectivity index (χ0n) is 7.42. The molecule has 1 aromatic carbocycles. The molecular formula is C10H11IO2. The summed E-state index contributed by atoms with van der Waals surface area (Å²) in [5, 5.41) is 0. The summed E-state index contributed by atoms with van der Waals surface area (Å²) in [6.45, 7) is 0.806. The van der Waals surface area contributed by atoms with E-state index in [0.29, 0.717) is 3.92 Å². The van der Waals surface area contributed by atoms with Gasteiger partial charge in [-0.2, -0.15) is 0 Å². The monoisotopic (exact) mass is 290 g/mol. The van der Waals surface area contributed by atoms with Crippen LogP contribution >= 0.6 is 22.6 Å². The largest absolute Gasteiger partial charge is 0.497 e. The lowest BCUT2D eigenvalue weighted by Gasteiger charge is -2.21. The Kier molecular flexibility index (Phi) is 2.62. The van der Waals surface area contributed by atoms with Crippen molar-refractivity contribution in [1.82, 2.24) is 0 Å². The Morgan fingerprint density at radius 3 is 3.15 bits per heavy atom. The Hall–Kier alpha value is -0.450. The maximum Gasteiger partial charge on any atom is 0.126 e. The van der Waals surface area contributed by atoms with Gasteiger partial charge in [0.05, 0.1) is 7.11 Å². The molecule has 2 rings (SSSR count). The minimum Gasteiger partial charge on any atom is -0.497 e. The molecule has 1 aromatic rings. The minimum absolute atomic E-state index is 0.596. The second kappa shape index (κ2) is 3.74. The van der Waals surface area contributed by atoms with E-state index in [4.69, 9.17) is 9.47 Å². The number of alkyl halides is 1. The van der Waals surface area contributed by atoms with Gasteiger partial charge in [-0.3, -0.25) is 0 Å². The third-order valence-corrected chi connectivity index (χ3v) is 2.94. The molecule has 0 radical (unpaired) electrons. The van der Waals surface area contributed by atoms with Crippen LogP contribution in [0.25, 0.3) is 0 Å². The molecular weight excluding hydrogens is 279 g/mol. The first kappa shape index (κ1) is 9.12. The van der Waals surface area contributed by atoms with E-state index in [1.54, 1.807) is 7.11 Å². The van der Waals surface area contributed by atoms with Crippen LogP contribution in [0.5, 0.6) is 11.5 Å². The normalized spacial score (nSPS) is 20.3. The lowest BCUT2D eigenvalue weighted by atomic mass is 10.1. The molecule has 1 aliphatic heterocycles. The van der Waals surface area contributed by atoms with E-state index in [1.807, 2.05) is 12.1 Å². The second-order valence-electron chi connectivity index (χ2n) is 3.09. The van der Waals surface area contributed by atoms with Crippen LogP contribution in [0.2, 0.25) is 0 Å². The number of methoxy groups -OCH3 is 1.